The van der Waals surface area contributed by atoms with Gasteiger partial charge in [0.15, 0.2) is 5.96 Å². The van der Waals surface area contributed by atoms with E-state index in [4.69, 9.17) is 0 Å². The minimum atomic E-state index is 0.631. The number of rotatable bonds is 2. The van der Waals surface area contributed by atoms with Gasteiger partial charge in [0.05, 0.1) is 0 Å². The van der Waals surface area contributed by atoms with Crippen LogP contribution in [0.5, 0.6) is 0 Å². The second-order valence-corrected chi connectivity index (χ2v) is 6.86. The lowest BCUT2D eigenvalue weighted by Crippen LogP contribution is -2.64. The lowest BCUT2D eigenvalue weighted by Gasteiger charge is -2.47. The first kappa shape index (κ1) is 15.0. The summed E-state index contributed by atoms with van der Waals surface area (Å²) < 4.78 is 0. The van der Waals surface area contributed by atoms with E-state index in [0.717, 1.165) is 32.0 Å². The minimum Gasteiger partial charge on any atom is -0.355 e. The predicted molar refractivity (Wildman–Crippen MR) is 93.7 cm³/mol. The summed E-state index contributed by atoms with van der Waals surface area (Å²) in [5.41, 5.74) is 2.93. The molecule has 0 radical (unpaired) electrons. The van der Waals surface area contributed by atoms with Crippen LogP contribution in [0, 0.1) is 0 Å². The quantitative estimate of drug-likeness (QED) is 0.641. The van der Waals surface area contributed by atoms with Gasteiger partial charge >= 0.3 is 0 Å². The average molecular weight is 313 g/mol. The number of benzene rings is 1. The van der Waals surface area contributed by atoms with E-state index in [9.17, 15) is 0 Å². The summed E-state index contributed by atoms with van der Waals surface area (Å²) in [7, 11) is 1.90. The summed E-state index contributed by atoms with van der Waals surface area (Å²) >= 11 is 0. The zero-order valence-corrected chi connectivity index (χ0v) is 14.0. The Balaban J connectivity index is 1.36. The van der Waals surface area contributed by atoms with Gasteiger partial charge < -0.3 is 10.2 Å². The lowest BCUT2D eigenvalue weighted by atomic mass is 10.0. The molecule has 1 aromatic rings. The molecule has 0 amide bonds. The maximum atomic E-state index is 4.53. The van der Waals surface area contributed by atoms with Gasteiger partial charge in [-0.15, -0.1) is 0 Å². The molecule has 1 atom stereocenters. The minimum absolute atomic E-state index is 0.631. The predicted octanol–water partition coefficient (Wildman–Crippen LogP) is 0.620. The lowest BCUT2D eigenvalue weighted by molar-refractivity contribution is 0.0152. The van der Waals surface area contributed by atoms with Crippen molar-refractivity contribution in [1.29, 1.82) is 0 Å². The van der Waals surface area contributed by atoms with Crippen LogP contribution in [0.15, 0.2) is 29.3 Å². The van der Waals surface area contributed by atoms with Gasteiger partial charge in [0.1, 0.15) is 0 Å². The van der Waals surface area contributed by atoms with Crippen molar-refractivity contribution in [3.05, 3.63) is 35.4 Å². The molecule has 1 aromatic carbocycles. The standard InChI is InChI=1S/C18H27N5/c1-19-18(20-12-17-14-21-8-10-22(17)11-9-21)23-7-6-15-4-2-3-5-16(15)13-23/h2-5,17H,6-14H2,1H3,(H,19,20). The first-order chi connectivity index (χ1) is 11.3. The van der Waals surface area contributed by atoms with Gasteiger partial charge in [-0.05, 0) is 17.5 Å². The summed E-state index contributed by atoms with van der Waals surface area (Å²) in [6, 6.07) is 9.41. The van der Waals surface area contributed by atoms with Gasteiger partial charge in [0.2, 0.25) is 0 Å². The van der Waals surface area contributed by atoms with Crippen LogP contribution in [0.25, 0.3) is 0 Å². The molecule has 0 spiro atoms. The number of guanidine groups is 1. The van der Waals surface area contributed by atoms with Crippen LogP contribution in [0.1, 0.15) is 11.1 Å². The first-order valence-electron chi connectivity index (χ1n) is 8.82. The molecule has 5 heteroatoms. The average Bonchev–Trinajstić information content (AvgIpc) is 2.63. The first-order valence-corrected chi connectivity index (χ1v) is 8.82. The largest absolute Gasteiger partial charge is 0.355 e. The number of fused-ring (bicyclic) bond motifs is 4. The van der Waals surface area contributed by atoms with Crippen LogP contribution in [-0.4, -0.2) is 79.6 Å². The normalized spacial score (nSPS) is 30.2. The zero-order valence-electron chi connectivity index (χ0n) is 14.0. The third-order valence-electron chi connectivity index (χ3n) is 5.53. The van der Waals surface area contributed by atoms with E-state index >= 15 is 0 Å². The number of hydrogen-bond donors (Lipinski definition) is 1. The molecule has 1 N–H and O–H groups in total. The van der Waals surface area contributed by atoms with E-state index in [-0.39, 0.29) is 0 Å². The van der Waals surface area contributed by atoms with Gasteiger partial charge in [-0.25, -0.2) is 0 Å². The van der Waals surface area contributed by atoms with Crippen molar-refractivity contribution in [2.45, 2.75) is 19.0 Å². The Hall–Kier alpha value is -1.59. The highest BCUT2D eigenvalue weighted by atomic mass is 15.4. The van der Waals surface area contributed by atoms with Gasteiger partial charge in [0, 0.05) is 65.4 Å². The van der Waals surface area contributed by atoms with E-state index < -0.39 is 0 Å². The third kappa shape index (κ3) is 3.08. The van der Waals surface area contributed by atoms with E-state index in [1.807, 2.05) is 7.05 Å². The summed E-state index contributed by atoms with van der Waals surface area (Å²) in [6.45, 7) is 9.16. The third-order valence-corrected chi connectivity index (χ3v) is 5.53. The summed E-state index contributed by atoms with van der Waals surface area (Å²) in [5.74, 6) is 1.05. The summed E-state index contributed by atoms with van der Waals surface area (Å²) in [4.78, 5) is 12.1. The van der Waals surface area contributed by atoms with Crippen molar-refractivity contribution in [2.24, 2.45) is 4.99 Å². The Kier molecular flexibility index (Phi) is 4.23. The number of nitrogens with zero attached hydrogens (tertiary/aromatic N) is 4. The molecule has 5 nitrogen and oxygen atoms in total. The van der Waals surface area contributed by atoms with Crippen LogP contribution >= 0.6 is 0 Å². The fraction of sp³-hybridized carbons (Fsp3) is 0.611. The Morgan fingerprint density at radius 1 is 1.13 bits per heavy atom. The number of hydrogen-bond acceptors (Lipinski definition) is 3. The second-order valence-electron chi connectivity index (χ2n) is 6.86. The molecule has 5 rings (SSSR count). The molecular formula is C18H27N5. The fourth-order valence-electron chi connectivity index (χ4n) is 4.14. The second kappa shape index (κ2) is 6.49. The Morgan fingerprint density at radius 2 is 1.91 bits per heavy atom. The van der Waals surface area contributed by atoms with E-state index in [2.05, 4.69) is 49.3 Å². The molecule has 0 saturated carbocycles. The number of aliphatic imine (C=N–C) groups is 1. The topological polar surface area (TPSA) is 34.1 Å². The summed E-state index contributed by atoms with van der Waals surface area (Å²) in [5, 5.41) is 3.63. The van der Waals surface area contributed by atoms with Crippen molar-refractivity contribution in [3.63, 3.8) is 0 Å². The Morgan fingerprint density at radius 3 is 2.61 bits per heavy atom. The number of nitrogens with one attached hydrogen (secondary N) is 1. The molecule has 4 aliphatic heterocycles. The maximum absolute atomic E-state index is 4.53. The smallest absolute Gasteiger partial charge is 0.194 e. The maximum Gasteiger partial charge on any atom is 0.194 e. The van der Waals surface area contributed by atoms with Crippen LogP contribution in [0.4, 0.5) is 0 Å². The molecule has 0 aliphatic carbocycles. The highest BCUT2D eigenvalue weighted by Crippen LogP contribution is 2.19. The van der Waals surface area contributed by atoms with Crippen molar-refractivity contribution < 1.29 is 0 Å². The molecule has 23 heavy (non-hydrogen) atoms. The molecule has 0 aromatic heterocycles. The zero-order chi connectivity index (χ0) is 15.6. The fourth-order valence-corrected chi connectivity index (χ4v) is 4.14. The van der Waals surface area contributed by atoms with Gasteiger partial charge in [-0.2, -0.15) is 0 Å². The van der Waals surface area contributed by atoms with E-state index in [1.54, 1.807) is 0 Å². The molecule has 3 saturated heterocycles. The van der Waals surface area contributed by atoms with Gasteiger partial charge in [-0.3, -0.25) is 14.8 Å². The van der Waals surface area contributed by atoms with Crippen LogP contribution in [0.3, 0.4) is 0 Å². The summed E-state index contributed by atoms with van der Waals surface area (Å²) in [6.07, 6.45) is 1.11. The Bertz CT molecular complexity index is 577. The van der Waals surface area contributed by atoms with Crippen molar-refractivity contribution in [2.75, 3.05) is 52.9 Å². The van der Waals surface area contributed by atoms with E-state index in [1.165, 1.54) is 43.9 Å². The van der Waals surface area contributed by atoms with Crippen LogP contribution < -0.4 is 5.32 Å². The molecule has 2 bridgehead atoms. The van der Waals surface area contributed by atoms with Crippen molar-refractivity contribution in [3.8, 4) is 0 Å². The molecule has 124 valence electrons. The molecule has 1 unspecified atom stereocenters. The van der Waals surface area contributed by atoms with E-state index in [0.29, 0.717) is 6.04 Å². The van der Waals surface area contributed by atoms with Gasteiger partial charge in [0.25, 0.3) is 0 Å². The highest BCUT2D eigenvalue weighted by molar-refractivity contribution is 5.80. The van der Waals surface area contributed by atoms with Crippen molar-refractivity contribution in [1.82, 2.24) is 20.0 Å². The van der Waals surface area contributed by atoms with Gasteiger partial charge in [-0.1, -0.05) is 24.3 Å². The monoisotopic (exact) mass is 313 g/mol. The SMILES string of the molecule is CN=C(NCC1CN2CCN1CC2)N1CCc2ccccc2C1. The van der Waals surface area contributed by atoms with Crippen LogP contribution in [0.2, 0.25) is 0 Å². The van der Waals surface area contributed by atoms with Crippen LogP contribution in [-0.2, 0) is 13.0 Å². The molecule has 4 heterocycles. The van der Waals surface area contributed by atoms with Crippen molar-refractivity contribution >= 4 is 5.96 Å². The molecule has 4 aliphatic rings. The highest BCUT2D eigenvalue weighted by Gasteiger charge is 2.32. The molecule has 3 fully saturated rings. The molecular weight excluding hydrogens is 286 g/mol. The Labute approximate surface area is 139 Å². The number of piperazine rings is 3.